The van der Waals surface area contributed by atoms with E-state index < -0.39 is 0 Å². The minimum Gasteiger partial charge on any atom is -0.311 e. The third-order valence-electron chi connectivity index (χ3n) is 4.08. The fourth-order valence-electron chi connectivity index (χ4n) is 2.90. The zero-order chi connectivity index (χ0) is 21.4. The van der Waals surface area contributed by atoms with Crippen molar-refractivity contribution in [2.75, 3.05) is 4.90 Å². The molecule has 0 radical (unpaired) electrons. The Morgan fingerprint density at radius 3 is 1.43 bits per heavy atom. The minimum absolute atomic E-state index is 0.755. The van der Waals surface area contributed by atoms with Crippen LogP contribution in [0.2, 0.25) is 0 Å². The largest absolute Gasteiger partial charge is 0.311 e. The molecule has 0 spiro atoms. The van der Waals surface area contributed by atoms with Gasteiger partial charge in [-0.3, -0.25) is 0 Å². The molecule has 2 aromatic rings. The molecule has 0 aromatic heterocycles. The van der Waals surface area contributed by atoms with Gasteiger partial charge >= 0.3 is 0 Å². The third kappa shape index (κ3) is 7.38. The van der Waals surface area contributed by atoms with E-state index in [0.717, 1.165) is 11.8 Å². The molecule has 1 saturated carbocycles. The number of fused-ring (bicyclic) bond motifs is 1. The fraction of sp³-hybridized carbons (Fsp3) is 0.407. The Hall–Kier alpha value is -2.28. The van der Waals surface area contributed by atoms with E-state index in [1.54, 1.807) is 0 Å². The van der Waals surface area contributed by atoms with E-state index >= 15 is 0 Å². The average molecular weight is 380 g/mol. The monoisotopic (exact) mass is 379 g/mol. The molecule has 0 heterocycles. The first-order valence-corrected chi connectivity index (χ1v) is 11.2. The molecule has 1 nitrogen and oxygen atoms in total. The van der Waals surface area contributed by atoms with E-state index in [-0.39, 0.29) is 0 Å². The first-order chi connectivity index (χ1) is 13.9. The summed E-state index contributed by atoms with van der Waals surface area (Å²) in [5.74, 6) is 1.55. The molecule has 2 unspecified atom stereocenters. The molecule has 0 N–H and O–H groups in total. The van der Waals surface area contributed by atoms with Crippen LogP contribution in [0.15, 0.2) is 84.6 Å². The maximum Gasteiger partial charge on any atom is 0.0461 e. The molecule has 2 aliphatic carbocycles. The maximum absolute atomic E-state index is 2.42. The first-order valence-electron chi connectivity index (χ1n) is 11.2. The summed E-state index contributed by atoms with van der Waals surface area (Å²) >= 11 is 0. The Morgan fingerprint density at radius 2 is 1.04 bits per heavy atom. The molecule has 0 bridgehead atoms. The number of allylic oxidation sites excluding steroid dienone is 3. The Kier molecular flexibility index (Phi) is 14.5. The van der Waals surface area contributed by atoms with E-state index in [2.05, 4.69) is 83.8 Å². The Bertz CT molecular complexity index is 616. The zero-order valence-electron chi connectivity index (χ0n) is 19.3. The first kappa shape index (κ1) is 25.7. The topological polar surface area (TPSA) is 3.24 Å². The van der Waals surface area contributed by atoms with Gasteiger partial charge in [0.05, 0.1) is 0 Å². The van der Waals surface area contributed by atoms with Crippen molar-refractivity contribution >= 4 is 11.4 Å². The number of benzene rings is 2. The van der Waals surface area contributed by atoms with Crippen molar-refractivity contribution in [2.24, 2.45) is 11.8 Å². The van der Waals surface area contributed by atoms with Crippen molar-refractivity contribution in [1.29, 1.82) is 0 Å². The molecule has 0 aliphatic heterocycles. The smallest absolute Gasteiger partial charge is 0.0461 e. The van der Waals surface area contributed by atoms with E-state index in [9.17, 15) is 0 Å². The molecule has 28 heavy (non-hydrogen) atoms. The van der Waals surface area contributed by atoms with E-state index in [4.69, 9.17) is 0 Å². The summed E-state index contributed by atoms with van der Waals surface area (Å²) in [5, 5.41) is 0. The normalized spacial score (nSPS) is 17.2. The molecule has 154 valence electrons. The number of anilines is 2. The summed E-state index contributed by atoms with van der Waals surface area (Å²) in [6, 6.07) is 21.2. The molecule has 0 amide bonds. The predicted octanol–water partition coefficient (Wildman–Crippen LogP) is 9.02. The summed E-state index contributed by atoms with van der Waals surface area (Å²) in [6.07, 6.45) is 8.37. The molecular formula is C27H41N. The van der Waals surface area contributed by atoms with Crippen molar-refractivity contribution in [3.63, 3.8) is 0 Å². The molecule has 2 atom stereocenters. The van der Waals surface area contributed by atoms with Crippen molar-refractivity contribution in [3.8, 4) is 0 Å². The summed E-state index contributed by atoms with van der Waals surface area (Å²) in [7, 11) is 0. The predicted molar refractivity (Wildman–Crippen MR) is 129 cm³/mol. The Labute approximate surface area is 174 Å². The van der Waals surface area contributed by atoms with Gasteiger partial charge in [0.25, 0.3) is 0 Å². The van der Waals surface area contributed by atoms with Gasteiger partial charge in [0.1, 0.15) is 0 Å². The molecule has 2 aliphatic rings. The van der Waals surface area contributed by atoms with E-state index in [1.165, 1.54) is 23.5 Å². The van der Waals surface area contributed by atoms with Gasteiger partial charge in [-0.05, 0) is 48.6 Å². The number of hydrogen-bond donors (Lipinski definition) is 0. The van der Waals surface area contributed by atoms with Crippen molar-refractivity contribution in [3.05, 3.63) is 84.6 Å². The van der Waals surface area contributed by atoms with Crippen LogP contribution in [-0.2, 0) is 0 Å². The van der Waals surface area contributed by atoms with E-state index in [1.807, 2.05) is 55.4 Å². The highest BCUT2D eigenvalue weighted by Crippen LogP contribution is 2.46. The highest BCUT2D eigenvalue weighted by Gasteiger charge is 2.36. The number of nitrogens with zero attached hydrogens (tertiary/aromatic N) is 1. The second-order valence-electron chi connectivity index (χ2n) is 5.52. The van der Waals surface area contributed by atoms with Crippen LogP contribution in [0, 0.1) is 11.8 Å². The van der Waals surface area contributed by atoms with Crippen LogP contribution in [0.3, 0.4) is 0 Å². The molecule has 1 fully saturated rings. The summed E-state index contributed by atoms with van der Waals surface area (Å²) in [5.41, 5.74) is 3.73. The van der Waals surface area contributed by atoms with Crippen molar-refractivity contribution in [2.45, 2.75) is 61.8 Å². The van der Waals surface area contributed by atoms with Gasteiger partial charge in [-0.2, -0.15) is 0 Å². The summed E-state index contributed by atoms with van der Waals surface area (Å²) in [6.45, 7) is 16.0. The second kappa shape index (κ2) is 15.7. The maximum atomic E-state index is 2.42. The SMILES string of the molecule is C1=CC2CC2C=C1N(c1ccccc1)c1ccccc1.CC.CC.CC.CC. The lowest BCUT2D eigenvalue weighted by molar-refractivity contribution is 0.950. The van der Waals surface area contributed by atoms with Crippen molar-refractivity contribution < 1.29 is 0 Å². The molecular weight excluding hydrogens is 338 g/mol. The third-order valence-corrected chi connectivity index (χ3v) is 4.08. The second-order valence-corrected chi connectivity index (χ2v) is 5.52. The van der Waals surface area contributed by atoms with Gasteiger partial charge < -0.3 is 4.90 Å². The van der Waals surface area contributed by atoms with Gasteiger partial charge in [-0.15, -0.1) is 0 Å². The van der Waals surface area contributed by atoms with Crippen LogP contribution in [0.4, 0.5) is 11.4 Å². The number of hydrogen-bond acceptors (Lipinski definition) is 1. The molecule has 4 rings (SSSR count). The quantitative estimate of drug-likeness (QED) is 0.514. The standard InChI is InChI=1S/C19H17N.4C2H6/c1-3-7-17(8-4-1)20(18-9-5-2-6-10-18)19-12-11-15-13-16(15)14-19;4*1-2/h1-12,14-16H,13H2;4*1-2H3. The zero-order valence-corrected chi connectivity index (χ0v) is 19.3. The highest BCUT2D eigenvalue weighted by atomic mass is 15.1. The lowest BCUT2D eigenvalue weighted by Gasteiger charge is -2.27. The van der Waals surface area contributed by atoms with Crippen LogP contribution >= 0.6 is 0 Å². The van der Waals surface area contributed by atoms with Crippen LogP contribution < -0.4 is 4.90 Å². The molecule has 1 heteroatoms. The van der Waals surface area contributed by atoms with Gasteiger partial charge in [-0.1, -0.05) is 104 Å². The van der Waals surface area contributed by atoms with Gasteiger partial charge in [0.15, 0.2) is 0 Å². The summed E-state index contributed by atoms with van der Waals surface area (Å²) < 4.78 is 0. The van der Waals surface area contributed by atoms with Crippen molar-refractivity contribution in [1.82, 2.24) is 0 Å². The number of para-hydroxylation sites is 2. The Balaban J connectivity index is 0.000000818. The number of rotatable bonds is 3. The fourth-order valence-corrected chi connectivity index (χ4v) is 2.90. The van der Waals surface area contributed by atoms with Crippen LogP contribution in [0.25, 0.3) is 0 Å². The lowest BCUT2D eigenvalue weighted by Crippen LogP contribution is -2.16. The highest BCUT2D eigenvalue weighted by molar-refractivity contribution is 5.70. The van der Waals surface area contributed by atoms with Gasteiger partial charge in [-0.25, -0.2) is 0 Å². The van der Waals surface area contributed by atoms with Gasteiger partial charge in [0, 0.05) is 17.1 Å². The van der Waals surface area contributed by atoms with Gasteiger partial charge in [0.2, 0.25) is 0 Å². The van der Waals surface area contributed by atoms with Crippen LogP contribution in [-0.4, -0.2) is 0 Å². The Morgan fingerprint density at radius 1 is 0.607 bits per heavy atom. The van der Waals surface area contributed by atoms with E-state index in [0.29, 0.717) is 0 Å². The average Bonchev–Trinajstić information content (AvgIpc) is 3.60. The summed E-state index contributed by atoms with van der Waals surface area (Å²) in [4.78, 5) is 2.34. The van der Waals surface area contributed by atoms with Crippen LogP contribution in [0.1, 0.15) is 61.8 Å². The van der Waals surface area contributed by atoms with Crippen LogP contribution in [0.5, 0.6) is 0 Å². The molecule has 2 aromatic carbocycles. The minimum atomic E-state index is 0.755. The lowest BCUT2D eigenvalue weighted by atomic mass is 10.1. The molecule has 0 saturated heterocycles.